The number of fused-ring (bicyclic) bond motifs is 1. The van der Waals surface area contributed by atoms with Crippen molar-refractivity contribution in [1.82, 2.24) is 9.47 Å². The third-order valence-electron chi connectivity index (χ3n) is 5.11. The maximum Gasteiger partial charge on any atom is 0.271 e. The predicted molar refractivity (Wildman–Crippen MR) is 97.4 cm³/mol. The van der Waals surface area contributed by atoms with Crippen LogP contribution in [0, 0.1) is 5.41 Å². The molecule has 1 aromatic rings. The van der Waals surface area contributed by atoms with E-state index in [4.69, 9.17) is 9.47 Å². The van der Waals surface area contributed by atoms with Gasteiger partial charge in [-0.05, 0) is 44.4 Å². The van der Waals surface area contributed by atoms with Crippen LogP contribution in [0.2, 0.25) is 0 Å². The second-order valence-electron chi connectivity index (χ2n) is 9.50. The summed E-state index contributed by atoms with van der Waals surface area (Å²) in [5.41, 5.74) is 1.36. The maximum absolute atomic E-state index is 13.3. The number of hydrogen-bond donors (Lipinski definition) is 0. The fourth-order valence-electron chi connectivity index (χ4n) is 3.46. The monoisotopic (exact) mass is 346 g/mol. The summed E-state index contributed by atoms with van der Waals surface area (Å²) >= 11 is 0. The molecule has 3 heterocycles. The van der Waals surface area contributed by atoms with E-state index in [1.165, 1.54) is 5.56 Å². The molecular weight excluding hydrogens is 316 g/mol. The average Bonchev–Trinajstić information content (AvgIpc) is 2.86. The van der Waals surface area contributed by atoms with E-state index in [-0.39, 0.29) is 22.3 Å². The van der Waals surface area contributed by atoms with Gasteiger partial charge in [0.2, 0.25) is 0 Å². The Morgan fingerprint density at radius 2 is 1.68 bits per heavy atom. The van der Waals surface area contributed by atoms with Gasteiger partial charge in [0.05, 0.1) is 5.41 Å². The van der Waals surface area contributed by atoms with Crippen LogP contribution < -0.4 is 0 Å². The van der Waals surface area contributed by atoms with Crippen molar-refractivity contribution in [2.45, 2.75) is 59.0 Å². The first-order valence-electron chi connectivity index (χ1n) is 8.88. The largest absolute Gasteiger partial charge is 0.465 e. The SMILES string of the molecule is C=C1OCC2(CO1)CN(C(C)(C)C)C(=O)c1cc(C(C)(C)C)cn1C2. The molecule has 1 fully saturated rings. The molecule has 5 heteroatoms. The number of ether oxygens (including phenoxy) is 2. The van der Waals surface area contributed by atoms with Gasteiger partial charge in [0, 0.05) is 24.8 Å². The molecule has 0 atom stereocenters. The number of carbonyl (C=O) groups is 1. The van der Waals surface area contributed by atoms with Crippen LogP contribution in [0.1, 0.15) is 57.6 Å². The molecule has 0 N–H and O–H groups in total. The standard InChI is InChI=1S/C20H30N2O3/c1-14-24-12-20(13-25-14)10-21-9-15(18(2,3)4)8-16(21)17(23)22(11-20)19(5,6)7/h8-9H,1,10-13H2,2-7H3. The Hall–Kier alpha value is -1.91. The van der Waals surface area contributed by atoms with Gasteiger partial charge in [-0.15, -0.1) is 0 Å². The number of aromatic nitrogens is 1. The fourth-order valence-corrected chi connectivity index (χ4v) is 3.46. The van der Waals surface area contributed by atoms with E-state index in [0.717, 1.165) is 5.69 Å². The lowest BCUT2D eigenvalue weighted by molar-refractivity contribution is -0.115. The van der Waals surface area contributed by atoms with Crippen molar-refractivity contribution in [3.63, 3.8) is 0 Å². The van der Waals surface area contributed by atoms with Crippen LogP contribution in [0.3, 0.4) is 0 Å². The number of carbonyl (C=O) groups excluding carboxylic acids is 1. The molecule has 1 amide bonds. The van der Waals surface area contributed by atoms with E-state index in [1.807, 2.05) is 11.0 Å². The lowest BCUT2D eigenvalue weighted by Gasteiger charge is -2.43. The molecule has 0 saturated carbocycles. The summed E-state index contributed by atoms with van der Waals surface area (Å²) in [7, 11) is 0. The molecule has 0 unspecified atom stereocenters. The maximum atomic E-state index is 13.3. The Morgan fingerprint density at radius 1 is 1.08 bits per heavy atom. The van der Waals surface area contributed by atoms with Gasteiger partial charge >= 0.3 is 0 Å². The van der Waals surface area contributed by atoms with Crippen molar-refractivity contribution in [1.29, 1.82) is 0 Å². The number of rotatable bonds is 0. The second kappa shape index (κ2) is 5.55. The fraction of sp³-hybridized carbons (Fsp3) is 0.650. The molecule has 138 valence electrons. The quantitative estimate of drug-likeness (QED) is 0.722. The first-order chi connectivity index (χ1) is 11.4. The lowest BCUT2D eigenvalue weighted by atomic mass is 9.86. The third-order valence-corrected chi connectivity index (χ3v) is 5.11. The van der Waals surface area contributed by atoms with Crippen molar-refractivity contribution < 1.29 is 14.3 Å². The summed E-state index contributed by atoms with van der Waals surface area (Å²) in [6.07, 6.45) is 2.12. The molecule has 0 aromatic carbocycles. The van der Waals surface area contributed by atoms with Crippen molar-refractivity contribution in [3.8, 4) is 0 Å². The summed E-state index contributed by atoms with van der Waals surface area (Å²) in [5.74, 6) is 0.441. The minimum absolute atomic E-state index is 0.00689. The van der Waals surface area contributed by atoms with Crippen molar-refractivity contribution in [2.75, 3.05) is 19.8 Å². The Morgan fingerprint density at radius 3 is 2.20 bits per heavy atom. The summed E-state index contributed by atoms with van der Waals surface area (Å²) in [6.45, 7) is 18.8. The topological polar surface area (TPSA) is 43.7 Å². The Labute approximate surface area is 150 Å². The Bertz CT molecular complexity index is 694. The molecule has 1 saturated heterocycles. The van der Waals surface area contributed by atoms with Gasteiger partial charge in [-0.25, -0.2) is 0 Å². The van der Waals surface area contributed by atoms with Gasteiger partial charge in [0.25, 0.3) is 11.9 Å². The average molecular weight is 346 g/mol. The highest BCUT2D eigenvalue weighted by Gasteiger charge is 2.45. The summed E-state index contributed by atoms with van der Waals surface area (Å²) in [4.78, 5) is 15.3. The molecular formula is C20H30N2O3. The number of nitrogens with zero attached hydrogens (tertiary/aromatic N) is 2. The van der Waals surface area contributed by atoms with Crippen molar-refractivity contribution in [2.24, 2.45) is 5.41 Å². The van der Waals surface area contributed by atoms with E-state index >= 15 is 0 Å². The van der Waals surface area contributed by atoms with Crippen molar-refractivity contribution in [3.05, 3.63) is 36.0 Å². The van der Waals surface area contributed by atoms with E-state index < -0.39 is 0 Å². The minimum Gasteiger partial charge on any atom is -0.465 e. The minimum atomic E-state index is -0.278. The van der Waals surface area contributed by atoms with Gasteiger partial charge < -0.3 is 18.9 Å². The molecule has 1 aromatic heterocycles. The van der Waals surface area contributed by atoms with Gasteiger partial charge in [-0.1, -0.05) is 20.8 Å². The van der Waals surface area contributed by atoms with E-state index in [9.17, 15) is 4.79 Å². The number of hydrogen-bond acceptors (Lipinski definition) is 3. The predicted octanol–water partition coefficient (Wildman–Crippen LogP) is 3.54. The zero-order valence-corrected chi connectivity index (χ0v) is 16.3. The molecule has 0 radical (unpaired) electrons. The van der Waals surface area contributed by atoms with Gasteiger partial charge in [-0.2, -0.15) is 0 Å². The molecule has 0 bridgehead atoms. The first kappa shape index (κ1) is 17.9. The summed E-state index contributed by atoms with van der Waals surface area (Å²) < 4.78 is 13.4. The molecule has 0 aliphatic carbocycles. The molecule has 2 aliphatic rings. The van der Waals surface area contributed by atoms with Gasteiger partial charge in [0.15, 0.2) is 0 Å². The smallest absolute Gasteiger partial charge is 0.271 e. The van der Waals surface area contributed by atoms with Crippen LogP contribution in [0.25, 0.3) is 0 Å². The van der Waals surface area contributed by atoms with Gasteiger partial charge in [-0.3, -0.25) is 4.79 Å². The van der Waals surface area contributed by atoms with E-state index in [1.54, 1.807) is 0 Å². The Balaban J connectivity index is 2.08. The molecule has 1 spiro atoms. The second-order valence-corrected chi connectivity index (χ2v) is 9.50. The highest BCUT2D eigenvalue weighted by molar-refractivity contribution is 5.94. The summed E-state index contributed by atoms with van der Waals surface area (Å²) in [6, 6.07) is 2.05. The molecule has 5 nitrogen and oxygen atoms in total. The summed E-state index contributed by atoms with van der Waals surface area (Å²) in [5, 5.41) is 0. The Kier molecular flexibility index (Phi) is 3.97. The van der Waals surface area contributed by atoms with E-state index in [0.29, 0.717) is 32.2 Å². The zero-order valence-electron chi connectivity index (χ0n) is 16.3. The normalized spacial score (nSPS) is 20.8. The van der Waals surface area contributed by atoms with Crippen LogP contribution in [0.5, 0.6) is 0 Å². The van der Waals surface area contributed by atoms with E-state index in [2.05, 4.69) is 58.9 Å². The van der Waals surface area contributed by atoms with Crippen LogP contribution in [0.15, 0.2) is 24.8 Å². The van der Waals surface area contributed by atoms with Crippen molar-refractivity contribution >= 4 is 5.91 Å². The number of amides is 1. The van der Waals surface area contributed by atoms with Gasteiger partial charge in [0.1, 0.15) is 18.9 Å². The van der Waals surface area contributed by atoms with Crippen LogP contribution >= 0.6 is 0 Å². The highest BCUT2D eigenvalue weighted by Crippen LogP contribution is 2.37. The zero-order chi connectivity index (χ0) is 18.6. The van der Waals surface area contributed by atoms with Crippen LogP contribution in [-0.4, -0.2) is 40.7 Å². The molecule has 3 rings (SSSR count). The molecule has 2 aliphatic heterocycles. The lowest BCUT2D eigenvalue weighted by Crippen LogP contribution is -2.53. The molecule has 25 heavy (non-hydrogen) atoms. The third kappa shape index (κ3) is 3.29. The highest BCUT2D eigenvalue weighted by atomic mass is 16.7. The van der Waals surface area contributed by atoms with Crippen LogP contribution in [-0.2, 0) is 21.4 Å². The van der Waals surface area contributed by atoms with Crippen LogP contribution in [0.4, 0.5) is 0 Å². The first-order valence-corrected chi connectivity index (χ1v) is 8.88.